The maximum atomic E-state index is 12.3. The van der Waals surface area contributed by atoms with E-state index < -0.39 is 0 Å². The van der Waals surface area contributed by atoms with Crippen LogP contribution in [-0.2, 0) is 9.53 Å². The molecule has 0 radical (unpaired) electrons. The van der Waals surface area contributed by atoms with E-state index in [9.17, 15) is 9.59 Å². The van der Waals surface area contributed by atoms with E-state index in [-0.39, 0.29) is 23.8 Å². The number of amides is 2. The third-order valence-corrected chi connectivity index (χ3v) is 3.47. The molecule has 21 heavy (non-hydrogen) atoms. The van der Waals surface area contributed by atoms with Crippen LogP contribution in [0.25, 0.3) is 0 Å². The number of hydrogen-bond acceptors (Lipinski definition) is 3. The largest absolute Gasteiger partial charge is 0.376 e. The SMILES string of the molecule is CC(C)C(=O)Nc1ccccc1C(=O)NC[C@@H]1CCCO1. The lowest BCUT2D eigenvalue weighted by molar-refractivity contribution is -0.118. The fourth-order valence-electron chi connectivity index (χ4n) is 2.17. The minimum absolute atomic E-state index is 0.102. The molecule has 0 spiro atoms. The van der Waals surface area contributed by atoms with Crippen molar-refractivity contribution in [2.45, 2.75) is 32.8 Å². The number of rotatable bonds is 5. The Balaban J connectivity index is 2.00. The van der Waals surface area contributed by atoms with E-state index in [1.807, 2.05) is 13.8 Å². The van der Waals surface area contributed by atoms with E-state index in [2.05, 4.69) is 10.6 Å². The van der Waals surface area contributed by atoms with Crippen molar-refractivity contribution in [3.63, 3.8) is 0 Å². The van der Waals surface area contributed by atoms with Crippen molar-refractivity contribution in [2.24, 2.45) is 5.92 Å². The summed E-state index contributed by atoms with van der Waals surface area (Å²) in [6.07, 6.45) is 2.12. The lowest BCUT2D eigenvalue weighted by atomic mass is 10.1. The summed E-state index contributed by atoms with van der Waals surface area (Å²) < 4.78 is 5.48. The summed E-state index contributed by atoms with van der Waals surface area (Å²) in [4.78, 5) is 24.0. The van der Waals surface area contributed by atoms with Gasteiger partial charge in [-0.15, -0.1) is 0 Å². The Morgan fingerprint density at radius 1 is 1.33 bits per heavy atom. The highest BCUT2D eigenvalue weighted by molar-refractivity contribution is 6.04. The van der Waals surface area contributed by atoms with Crippen LogP contribution in [0.1, 0.15) is 37.0 Å². The number of nitrogens with one attached hydrogen (secondary N) is 2. The average molecular weight is 290 g/mol. The van der Waals surface area contributed by atoms with Gasteiger partial charge in [0.2, 0.25) is 5.91 Å². The van der Waals surface area contributed by atoms with Gasteiger partial charge in [-0.3, -0.25) is 9.59 Å². The number of hydrogen-bond donors (Lipinski definition) is 2. The van der Waals surface area contributed by atoms with Crippen LogP contribution in [0.15, 0.2) is 24.3 Å². The lowest BCUT2D eigenvalue weighted by Gasteiger charge is -2.14. The maximum Gasteiger partial charge on any atom is 0.253 e. The number of benzene rings is 1. The zero-order valence-electron chi connectivity index (χ0n) is 12.5. The Morgan fingerprint density at radius 2 is 2.10 bits per heavy atom. The highest BCUT2D eigenvalue weighted by Gasteiger charge is 2.18. The van der Waals surface area contributed by atoms with E-state index in [0.29, 0.717) is 17.8 Å². The summed E-state index contributed by atoms with van der Waals surface area (Å²) in [6.45, 7) is 4.90. The van der Waals surface area contributed by atoms with Gasteiger partial charge < -0.3 is 15.4 Å². The van der Waals surface area contributed by atoms with E-state index in [4.69, 9.17) is 4.74 Å². The third kappa shape index (κ3) is 4.29. The lowest BCUT2D eigenvalue weighted by Crippen LogP contribution is -2.32. The monoisotopic (exact) mass is 290 g/mol. The molecule has 1 aliphatic heterocycles. The Hall–Kier alpha value is -1.88. The number of para-hydroxylation sites is 1. The predicted octanol–water partition coefficient (Wildman–Crippen LogP) is 2.19. The molecule has 0 aromatic heterocycles. The fourth-order valence-corrected chi connectivity index (χ4v) is 2.17. The Bertz CT molecular complexity index is 508. The summed E-state index contributed by atoms with van der Waals surface area (Å²) in [6, 6.07) is 7.03. The molecule has 1 saturated heterocycles. The second-order valence-electron chi connectivity index (χ2n) is 5.53. The minimum atomic E-state index is -0.190. The number of carbonyl (C=O) groups is 2. The summed E-state index contributed by atoms with van der Waals surface area (Å²) in [5.41, 5.74) is 1.02. The van der Waals surface area contributed by atoms with Crippen LogP contribution >= 0.6 is 0 Å². The van der Waals surface area contributed by atoms with E-state index in [1.165, 1.54) is 0 Å². The predicted molar refractivity (Wildman–Crippen MR) is 81.2 cm³/mol. The van der Waals surface area contributed by atoms with Crippen molar-refractivity contribution in [3.05, 3.63) is 29.8 Å². The molecule has 1 fully saturated rings. The van der Waals surface area contributed by atoms with Gasteiger partial charge in [0.05, 0.1) is 17.4 Å². The summed E-state index contributed by atoms with van der Waals surface area (Å²) in [5.74, 6) is -0.424. The summed E-state index contributed by atoms with van der Waals surface area (Å²) in [5, 5.41) is 5.66. The van der Waals surface area contributed by atoms with Crippen molar-refractivity contribution in [1.29, 1.82) is 0 Å². The van der Waals surface area contributed by atoms with Crippen LogP contribution in [0, 0.1) is 5.92 Å². The van der Waals surface area contributed by atoms with Gasteiger partial charge >= 0.3 is 0 Å². The van der Waals surface area contributed by atoms with Crippen LogP contribution in [-0.4, -0.2) is 31.1 Å². The third-order valence-electron chi connectivity index (χ3n) is 3.47. The van der Waals surface area contributed by atoms with E-state index in [0.717, 1.165) is 19.4 Å². The molecule has 114 valence electrons. The maximum absolute atomic E-state index is 12.3. The van der Waals surface area contributed by atoms with Gasteiger partial charge in [0, 0.05) is 19.1 Å². The van der Waals surface area contributed by atoms with Gasteiger partial charge in [-0.05, 0) is 25.0 Å². The molecule has 2 amide bonds. The smallest absolute Gasteiger partial charge is 0.253 e. The molecule has 0 unspecified atom stereocenters. The highest BCUT2D eigenvalue weighted by atomic mass is 16.5. The van der Waals surface area contributed by atoms with Gasteiger partial charge in [-0.1, -0.05) is 26.0 Å². The molecule has 1 heterocycles. The van der Waals surface area contributed by atoms with E-state index >= 15 is 0 Å². The minimum Gasteiger partial charge on any atom is -0.376 e. The molecular weight excluding hydrogens is 268 g/mol. The fraction of sp³-hybridized carbons (Fsp3) is 0.500. The Labute approximate surface area is 125 Å². The molecule has 1 atom stereocenters. The topological polar surface area (TPSA) is 67.4 Å². The van der Waals surface area contributed by atoms with Crippen molar-refractivity contribution >= 4 is 17.5 Å². The van der Waals surface area contributed by atoms with Gasteiger partial charge in [-0.2, -0.15) is 0 Å². The van der Waals surface area contributed by atoms with Gasteiger partial charge in [0.25, 0.3) is 5.91 Å². The highest BCUT2D eigenvalue weighted by Crippen LogP contribution is 2.16. The van der Waals surface area contributed by atoms with E-state index in [1.54, 1.807) is 24.3 Å². The van der Waals surface area contributed by atoms with Gasteiger partial charge in [0.15, 0.2) is 0 Å². The molecule has 2 N–H and O–H groups in total. The molecular formula is C16H22N2O3. The quantitative estimate of drug-likeness (QED) is 0.873. The van der Waals surface area contributed by atoms with Gasteiger partial charge in [0.1, 0.15) is 0 Å². The second kappa shape index (κ2) is 7.22. The number of carbonyl (C=O) groups excluding carboxylic acids is 2. The summed E-state index contributed by atoms with van der Waals surface area (Å²) in [7, 11) is 0. The van der Waals surface area contributed by atoms with Crippen LogP contribution in [0.4, 0.5) is 5.69 Å². The van der Waals surface area contributed by atoms with Gasteiger partial charge in [-0.25, -0.2) is 0 Å². The molecule has 0 bridgehead atoms. The first-order valence-corrected chi connectivity index (χ1v) is 7.37. The molecule has 1 aromatic rings. The number of ether oxygens (including phenoxy) is 1. The first-order valence-electron chi connectivity index (χ1n) is 7.37. The zero-order chi connectivity index (χ0) is 15.2. The second-order valence-corrected chi connectivity index (χ2v) is 5.53. The van der Waals surface area contributed by atoms with Crippen LogP contribution in [0.2, 0.25) is 0 Å². The number of anilines is 1. The summed E-state index contributed by atoms with van der Waals surface area (Å²) >= 11 is 0. The zero-order valence-corrected chi connectivity index (χ0v) is 12.5. The van der Waals surface area contributed by atoms with Crippen LogP contribution < -0.4 is 10.6 Å². The van der Waals surface area contributed by atoms with Crippen LogP contribution in [0.3, 0.4) is 0 Å². The average Bonchev–Trinajstić information content (AvgIpc) is 2.98. The first kappa shape index (κ1) is 15.5. The van der Waals surface area contributed by atoms with Crippen molar-refractivity contribution < 1.29 is 14.3 Å². The standard InChI is InChI=1S/C16H22N2O3/c1-11(2)15(19)18-14-8-4-3-7-13(14)16(20)17-10-12-6-5-9-21-12/h3-4,7-8,11-12H,5-6,9-10H2,1-2H3,(H,17,20)(H,18,19)/t12-/m0/s1. The molecule has 1 aromatic carbocycles. The van der Waals surface area contributed by atoms with Crippen LogP contribution in [0.5, 0.6) is 0 Å². The molecule has 1 aliphatic rings. The first-order chi connectivity index (χ1) is 10.1. The molecule has 5 nitrogen and oxygen atoms in total. The van der Waals surface area contributed by atoms with Crippen molar-refractivity contribution in [3.8, 4) is 0 Å². The van der Waals surface area contributed by atoms with Crippen molar-refractivity contribution in [2.75, 3.05) is 18.5 Å². The Kier molecular flexibility index (Phi) is 5.33. The molecule has 2 rings (SSSR count). The Morgan fingerprint density at radius 3 is 2.76 bits per heavy atom. The van der Waals surface area contributed by atoms with Crippen molar-refractivity contribution in [1.82, 2.24) is 5.32 Å². The molecule has 0 saturated carbocycles. The molecule has 0 aliphatic carbocycles. The molecule has 5 heteroatoms. The normalized spacial score (nSPS) is 17.8.